The Labute approximate surface area is 69.8 Å². The van der Waals surface area contributed by atoms with E-state index in [1.165, 1.54) is 13.8 Å². The molecule has 4 nitrogen and oxygen atoms in total. The number of carbonyl (C=O) groups excluding carboxylic acids is 1. The topological polar surface area (TPSA) is 66.4 Å². The molecule has 0 saturated heterocycles. The quantitative estimate of drug-likeness (QED) is 0.594. The van der Waals surface area contributed by atoms with Crippen molar-refractivity contribution in [3.8, 4) is 0 Å². The van der Waals surface area contributed by atoms with Gasteiger partial charge in [0.2, 0.25) is 6.41 Å². The first kappa shape index (κ1) is 10.9. The minimum Gasteiger partial charge on any atom is -0.480 e. The summed E-state index contributed by atoms with van der Waals surface area (Å²) in [6.07, 6.45) is 0.0194. The second kappa shape index (κ2) is 4.04. The lowest BCUT2D eigenvalue weighted by atomic mass is 10.0. The summed E-state index contributed by atoms with van der Waals surface area (Å²) in [4.78, 5) is 20.3. The zero-order chi connectivity index (χ0) is 9.78. The summed E-state index contributed by atoms with van der Waals surface area (Å²) < 4.78 is 12.9. The zero-order valence-electron chi connectivity index (χ0n) is 7.00. The summed E-state index contributed by atoms with van der Waals surface area (Å²) in [6, 6.07) is -1.15. The molecule has 0 aliphatic carbocycles. The van der Waals surface area contributed by atoms with Gasteiger partial charge in [0, 0.05) is 6.42 Å². The smallest absolute Gasteiger partial charge is 0.326 e. The van der Waals surface area contributed by atoms with Crippen molar-refractivity contribution in [1.29, 1.82) is 0 Å². The SMILES string of the molecule is CC(C)(F)CC(NC=O)C(=O)O. The lowest BCUT2D eigenvalue weighted by molar-refractivity contribution is -0.141. The maximum Gasteiger partial charge on any atom is 0.326 e. The number of alkyl halides is 1. The Kier molecular flexibility index (Phi) is 3.66. The predicted octanol–water partition coefficient (Wildman–Crippen LogP) is 0.324. The Hall–Kier alpha value is -1.13. The first-order valence-electron chi connectivity index (χ1n) is 3.48. The van der Waals surface area contributed by atoms with Gasteiger partial charge in [0.15, 0.2) is 0 Å². The second-order valence-electron chi connectivity index (χ2n) is 3.10. The fraction of sp³-hybridized carbons (Fsp3) is 0.714. The molecule has 70 valence electrons. The molecule has 0 aliphatic heterocycles. The van der Waals surface area contributed by atoms with Crippen molar-refractivity contribution in [2.75, 3.05) is 0 Å². The second-order valence-corrected chi connectivity index (χ2v) is 3.10. The third kappa shape index (κ3) is 4.65. The van der Waals surface area contributed by atoms with Crippen molar-refractivity contribution in [2.24, 2.45) is 0 Å². The van der Waals surface area contributed by atoms with E-state index in [2.05, 4.69) is 0 Å². The number of halogens is 1. The molecule has 12 heavy (non-hydrogen) atoms. The van der Waals surface area contributed by atoms with E-state index in [0.717, 1.165) is 0 Å². The summed E-state index contributed by atoms with van der Waals surface area (Å²) in [5.41, 5.74) is -1.60. The van der Waals surface area contributed by atoms with Crippen LogP contribution in [0, 0.1) is 0 Å². The highest BCUT2D eigenvalue weighted by Crippen LogP contribution is 2.15. The summed E-state index contributed by atoms with van der Waals surface area (Å²) in [6.45, 7) is 2.52. The number of nitrogens with one attached hydrogen (secondary N) is 1. The van der Waals surface area contributed by atoms with Gasteiger partial charge >= 0.3 is 5.97 Å². The highest BCUT2D eigenvalue weighted by atomic mass is 19.1. The third-order valence-electron chi connectivity index (χ3n) is 1.26. The summed E-state index contributed by atoms with van der Waals surface area (Å²) in [5, 5.41) is 10.5. The Morgan fingerprint density at radius 1 is 1.75 bits per heavy atom. The van der Waals surface area contributed by atoms with Crippen LogP contribution in [0.25, 0.3) is 0 Å². The summed E-state index contributed by atoms with van der Waals surface area (Å²) >= 11 is 0. The van der Waals surface area contributed by atoms with Crippen molar-refractivity contribution in [3.63, 3.8) is 0 Å². The summed E-state index contributed by atoms with van der Waals surface area (Å²) in [5.74, 6) is -1.23. The average Bonchev–Trinajstić information content (AvgIpc) is 1.83. The Balaban J connectivity index is 4.13. The molecule has 0 rings (SSSR count). The number of hydrogen-bond acceptors (Lipinski definition) is 2. The van der Waals surface area contributed by atoms with E-state index in [0.29, 0.717) is 0 Å². The number of carbonyl (C=O) groups is 2. The van der Waals surface area contributed by atoms with Crippen molar-refractivity contribution < 1.29 is 19.1 Å². The molecule has 0 fully saturated rings. The van der Waals surface area contributed by atoms with Crippen LogP contribution in [0.1, 0.15) is 20.3 Å². The van der Waals surface area contributed by atoms with Gasteiger partial charge in [0.1, 0.15) is 11.7 Å². The van der Waals surface area contributed by atoms with Gasteiger partial charge in [-0.1, -0.05) is 0 Å². The van der Waals surface area contributed by atoms with E-state index in [1.807, 2.05) is 5.32 Å². The van der Waals surface area contributed by atoms with Crippen LogP contribution in [0.3, 0.4) is 0 Å². The molecule has 5 heteroatoms. The maximum absolute atomic E-state index is 12.9. The predicted molar refractivity (Wildman–Crippen MR) is 40.4 cm³/mol. The normalized spacial score (nSPS) is 13.6. The van der Waals surface area contributed by atoms with E-state index < -0.39 is 17.7 Å². The van der Waals surface area contributed by atoms with Crippen LogP contribution < -0.4 is 5.32 Å². The van der Waals surface area contributed by atoms with Crippen molar-refractivity contribution in [2.45, 2.75) is 32.0 Å². The molecule has 0 heterocycles. The van der Waals surface area contributed by atoms with Gasteiger partial charge < -0.3 is 10.4 Å². The van der Waals surface area contributed by atoms with Crippen molar-refractivity contribution >= 4 is 12.4 Å². The summed E-state index contributed by atoms with van der Waals surface area (Å²) in [7, 11) is 0. The van der Waals surface area contributed by atoms with Crippen molar-refractivity contribution in [1.82, 2.24) is 5.32 Å². The molecule has 0 aromatic rings. The van der Waals surface area contributed by atoms with Crippen LogP contribution in [0.2, 0.25) is 0 Å². The van der Waals surface area contributed by atoms with Gasteiger partial charge in [0.25, 0.3) is 0 Å². The monoisotopic (exact) mass is 177 g/mol. The molecule has 1 atom stereocenters. The fourth-order valence-corrected chi connectivity index (χ4v) is 0.785. The molecule has 0 saturated carbocycles. The zero-order valence-corrected chi connectivity index (χ0v) is 7.00. The van der Waals surface area contributed by atoms with Gasteiger partial charge in [0.05, 0.1) is 0 Å². The van der Waals surface area contributed by atoms with Gasteiger partial charge in [-0.15, -0.1) is 0 Å². The third-order valence-corrected chi connectivity index (χ3v) is 1.26. The highest BCUT2D eigenvalue weighted by Gasteiger charge is 2.26. The molecule has 1 amide bonds. The van der Waals surface area contributed by atoms with E-state index in [1.54, 1.807) is 0 Å². The first-order valence-corrected chi connectivity index (χ1v) is 3.48. The fourth-order valence-electron chi connectivity index (χ4n) is 0.785. The minimum atomic E-state index is -1.60. The maximum atomic E-state index is 12.9. The number of carboxylic acid groups (broad SMARTS) is 1. The Morgan fingerprint density at radius 2 is 2.25 bits per heavy atom. The van der Waals surface area contributed by atoms with E-state index in [9.17, 15) is 14.0 Å². The van der Waals surface area contributed by atoms with Crippen LogP contribution in [-0.4, -0.2) is 29.2 Å². The van der Waals surface area contributed by atoms with Crippen LogP contribution >= 0.6 is 0 Å². The molecule has 0 aliphatic rings. The Bertz CT molecular complexity index is 176. The van der Waals surface area contributed by atoms with Gasteiger partial charge in [-0.2, -0.15) is 0 Å². The van der Waals surface area contributed by atoms with E-state index in [4.69, 9.17) is 5.11 Å². The first-order chi connectivity index (χ1) is 5.37. The molecule has 0 radical (unpaired) electrons. The minimum absolute atomic E-state index is 0.235. The average molecular weight is 177 g/mol. The molecule has 0 spiro atoms. The molecule has 0 bridgehead atoms. The van der Waals surface area contributed by atoms with Crippen molar-refractivity contribution in [3.05, 3.63) is 0 Å². The molecular weight excluding hydrogens is 165 g/mol. The van der Waals surface area contributed by atoms with Crippen LogP contribution in [0.5, 0.6) is 0 Å². The number of amides is 1. The lowest BCUT2D eigenvalue weighted by Crippen LogP contribution is -2.40. The highest BCUT2D eigenvalue weighted by molar-refractivity contribution is 5.76. The molecule has 2 N–H and O–H groups in total. The van der Waals surface area contributed by atoms with Crippen LogP contribution in [0.15, 0.2) is 0 Å². The number of aliphatic carboxylic acids is 1. The molecular formula is C7H12FNO3. The Morgan fingerprint density at radius 3 is 2.50 bits per heavy atom. The van der Waals surface area contributed by atoms with E-state index >= 15 is 0 Å². The number of carboxylic acids is 1. The largest absolute Gasteiger partial charge is 0.480 e. The molecule has 0 aromatic heterocycles. The van der Waals surface area contributed by atoms with Gasteiger partial charge in [-0.3, -0.25) is 4.79 Å². The lowest BCUT2D eigenvalue weighted by Gasteiger charge is -2.18. The van der Waals surface area contributed by atoms with E-state index in [-0.39, 0.29) is 12.8 Å². The van der Waals surface area contributed by atoms with Crippen LogP contribution in [-0.2, 0) is 9.59 Å². The standard InChI is InChI=1S/C7H12FNO3/c1-7(2,8)3-5(6(11)12)9-4-10/h4-5H,3H2,1-2H3,(H,9,10)(H,11,12). The molecule has 0 aromatic carbocycles. The molecule has 1 unspecified atom stereocenters. The number of hydrogen-bond donors (Lipinski definition) is 2. The van der Waals surface area contributed by atoms with Crippen LogP contribution in [0.4, 0.5) is 4.39 Å². The van der Waals surface area contributed by atoms with Gasteiger partial charge in [-0.25, -0.2) is 9.18 Å². The number of rotatable bonds is 5. The van der Waals surface area contributed by atoms with Gasteiger partial charge in [-0.05, 0) is 13.8 Å².